The number of esters is 3. The van der Waals surface area contributed by atoms with Crippen molar-refractivity contribution in [3.8, 4) is 0 Å². The highest BCUT2D eigenvalue weighted by Crippen LogP contribution is 2.14. The first kappa shape index (κ1) is 59.3. The Balaban J connectivity index is 4.47. The first-order chi connectivity index (χ1) is 31.0. The van der Waals surface area contributed by atoms with Gasteiger partial charge in [0, 0.05) is 19.3 Å². The van der Waals surface area contributed by atoms with E-state index in [2.05, 4.69) is 93.7 Å². The Bertz CT molecular complexity index is 1280. The van der Waals surface area contributed by atoms with Crippen molar-refractivity contribution in [3.63, 3.8) is 0 Å². The summed E-state index contributed by atoms with van der Waals surface area (Å²) >= 11 is 0. The molecule has 0 spiro atoms. The number of unbranched alkanes of at least 4 members (excludes halogenated alkanes) is 22. The molecule has 0 bridgehead atoms. The van der Waals surface area contributed by atoms with Gasteiger partial charge >= 0.3 is 17.9 Å². The zero-order chi connectivity index (χ0) is 45.8. The second kappa shape index (κ2) is 51.0. The maximum absolute atomic E-state index is 12.8. The van der Waals surface area contributed by atoms with Gasteiger partial charge in [0.15, 0.2) is 6.10 Å². The van der Waals surface area contributed by atoms with Crippen LogP contribution in [0.15, 0.2) is 97.2 Å². The molecule has 0 aliphatic carbocycles. The van der Waals surface area contributed by atoms with Crippen LogP contribution in [0.25, 0.3) is 0 Å². The van der Waals surface area contributed by atoms with Crippen molar-refractivity contribution in [1.29, 1.82) is 0 Å². The van der Waals surface area contributed by atoms with Crippen LogP contribution in [0.1, 0.15) is 226 Å². The van der Waals surface area contributed by atoms with E-state index in [1.165, 1.54) is 70.6 Å². The molecule has 0 aliphatic rings. The Morgan fingerprint density at radius 2 is 0.714 bits per heavy atom. The van der Waals surface area contributed by atoms with Crippen LogP contribution in [0.3, 0.4) is 0 Å². The fraction of sp³-hybridized carbons (Fsp3) is 0.667. The van der Waals surface area contributed by atoms with Crippen molar-refractivity contribution in [2.45, 2.75) is 232 Å². The summed E-state index contributed by atoms with van der Waals surface area (Å²) in [4.78, 5) is 38.0. The average molecular weight is 875 g/mol. The summed E-state index contributed by atoms with van der Waals surface area (Å²) in [5, 5.41) is 0. The second-order valence-corrected chi connectivity index (χ2v) is 16.8. The van der Waals surface area contributed by atoms with Crippen LogP contribution in [0.5, 0.6) is 0 Å². The zero-order valence-corrected chi connectivity index (χ0v) is 40.8. The van der Waals surface area contributed by atoms with Crippen molar-refractivity contribution in [1.82, 2.24) is 0 Å². The predicted octanol–water partition coefficient (Wildman–Crippen LogP) is 17.0. The normalized spacial score (nSPS) is 12.9. The molecule has 0 N–H and O–H groups in total. The predicted molar refractivity (Wildman–Crippen MR) is 270 cm³/mol. The van der Waals surface area contributed by atoms with Gasteiger partial charge in [-0.15, -0.1) is 0 Å². The molecule has 1 unspecified atom stereocenters. The summed E-state index contributed by atoms with van der Waals surface area (Å²) in [6.45, 7) is 6.39. The van der Waals surface area contributed by atoms with E-state index in [0.29, 0.717) is 19.3 Å². The number of carbonyl (C=O) groups excluding carboxylic acids is 3. The largest absolute Gasteiger partial charge is 0.462 e. The van der Waals surface area contributed by atoms with Crippen molar-refractivity contribution >= 4 is 17.9 Å². The molecule has 1 atom stereocenters. The molecule has 63 heavy (non-hydrogen) atoms. The van der Waals surface area contributed by atoms with Crippen molar-refractivity contribution in [2.24, 2.45) is 0 Å². The van der Waals surface area contributed by atoms with Crippen molar-refractivity contribution in [2.75, 3.05) is 13.2 Å². The number of hydrogen-bond acceptors (Lipinski definition) is 6. The molecule has 0 fully saturated rings. The van der Waals surface area contributed by atoms with E-state index in [1.54, 1.807) is 0 Å². The first-order valence-electron chi connectivity index (χ1n) is 25.8. The van der Waals surface area contributed by atoms with Gasteiger partial charge in [0.1, 0.15) is 13.2 Å². The van der Waals surface area contributed by atoms with Crippen LogP contribution in [0.2, 0.25) is 0 Å². The molecule has 0 aromatic carbocycles. The third kappa shape index (κ3) is 49.2. The molecule has 0 aromatic rings. The standard InChI is InChI=1S/C57H94O6/c1-4-7-10-13-16-19-22-25-27-28-29-30-33-35-38-41-44-47-50-56(59)62-53-54(52-61-55(58)49-46-43-40-37-34-31-24-21-18-15-12-9-6-3)63-57(60)51-48-45-42-39-36-32-26-23-20-17-14-11-8-5-2/h8,10-11,13,16-17,19-20,22,25,27-31,34,54H,4-7,9,12,14-15,18,21,23-24,26,32-33,35-53H2,1-3H3/b11-8-,13-10-,19-16-,20-17-,25-22-,28-27-,30-29-,34-31-. The number of carbonyl (C=O) groups is 3. The minimum Gasteiger partial charge on any atom is -0.462 e. The van der Waals surface area contributed by atoms with E-state index in [9.17, 15) is 14.4 Å². The topological polar surface area (TPSA) is 78.9 Å². The summed E-state index contributed by atoms with van der Waals surface area (Å²) in [6, 6.07) is 0. The van der Waals surface area contributed by atoms with Crippen LogP contribution in [-0.4, -0.2) is 37.2 Å². The molecule has 0 heterocycles. The van der Waals surface area contributed by atoms with E-state index in [-0.39, 0.29) is 31.1 Å². The van der Waals surface area contributed by atoms with Gasteiger partial charge in [-0.1, -0.05) is 214 Å². The summed E-state index contributed by atoms with van der Waals surface area (Å²) in [7, 11) is 0. The van der Waals surface area contributed by atoms with Gasteiger partial charge in [-0.2, -0.15) is 0 Å². The molecule has 6 heteroatoms. The summed E-state index contributed by atoms with van der Waals surface area (Å²) in [6.07, 6.45) is 66.7. The smallest absolute Gasteiger partial charge is 0.306 e. The van der Waals surface area contributed by atoms with Gasteiger partial charge in [0.05, 0.1) is 0 Å². The maximum atomic E-state index is 12.8. The second-order valence-electron chi connectivity index (χ2n) is 16.8. The number of hydrogen-bond donors (Lipinski definition) is 0. The first-order valence-corrected chi connectivity index (χ1v) is 25.8. The highest BCUT2D eigenvalue weighted by atomic mass is 16.6. The van der Waals surface area contributed by atoms with Crippen LogP contribution >= 0.6 is 0 Å². The lowest BCUT2D eigenvalue weighted by molar-refractivity contribution is -0.167. The highest BCUT2D eigenvalue weighted by molar-refractivity contribution is 5.71. The van der Waals surface area contributed by atoms with Gasteiger partial charge in [-0.25, -0.2) is 0 Å². The lowest BCUT2D eigenvalue weighted by atomic mass is 10.1. The third-order valence-electron chi connectivity index (χ3n) is 10.7. The SMILES string of the molecule is CC/C=C\C/C=C\CCCCCCCCCC(=O)OC(COC(=O)CCCCC/C=C\CCCCCCCC)COC(=O)CCCCCCC\C=C/C=C\C=C/C=C\C=C/CCC. The molecule has 358 valence electrons. The molecule has 0 amide bonds. The molecule has 0 saturated heterocycles. The van der Waals surface area contributed by atoms with E-state index in [1.807, 2.05) is 24.3 Å². The van der Waals surface area contributed by atoms with E-state index < -0.39 is 6.10 Å². The van der Waals surface area contributed by atoms with Gasteiger partial charge in [0.2, 0.25) is 0 Å². The monoisotopic (exact) mass is 875 g/mol. The van der Waals surface area contributed by atoms with E-state index >= 15 is 0 Å². The van der Waals surface area contributed by atoms with Gasteiger partial charge in [0.25, 0.3) is 0 Å². The molecule has 0 rings (SSSR count). The average Bonchev–Trinajstić information content (AvgIpc) is 3.28. The maximum Gasteiger partial charge on any atom is 0.306 e. The molecular weight excluding hydrogens is 781 g/mol. The van der Waals surface area contributed by atoms with Crippen LogP contribution in [0, 0.1) is 0 Å². The zero-order valence-electron chi connectivity index (χ0n) is 40.8. The lowest BCUT2D eigenvalue weighted by Crippen LogP contribution is -2.30. The Hall–Kier alpha value is -3.67. The molecule has 0 saturated carbocycles. The fourth-order valence-corrected chi connectivity index (χ4v) is 6.80. The van der Waals surface area contributed by atoms with Crippen LogP contribution < -0.4 is 0 Å². The molecule has 0 radical (unpaired) electrons. The minimum absolute atomic E-state index is 0.0983. The number of ether oxygens (including phenoxy) is 3. The summed E-state index contributed by atoms with van der Waals surface area (Å²) in [5.41, 5.74) is 0. The molecule has 0 aromatic heterocycles. The Morgan fingerprint density at radius 3 is 1.19 bits per heavy atom. The summed E-state index contributed by atoms with van der Waals surface area (Å²) in [5.74, 6) is -0.950. The highest BCUT2D eigenvalue weighted by Gasteiger charge is 2.19. The molecule has 6 nitrogen and oxygen atoms in total. The van der Waals surface area contributed by atoms with Crippen LogP contribution in [-0.2, 0) is 28.6 Å². The van der Waals surface area contributed by atoms with Crippen molar-refractivity contribution < 1.29 is 28.6 Å². The third-order valence-corrected chi connectivity index (χ3v) is 10.7. The Morgan fingerprint density at radius 1 is 0.349 bits per heavy atom. The number of allylic oxidation sites excluding steroid dienone is 16. The van der Waals surface area contributed by atoms with Crippen LogP contribution in [0.4, 0.5) is 0 Å². The van der Waals surface area contributed by atoms with Gasteiger partial charge < -0.3 is 14.2 Å². The van der Waals surface area contributed by atoms with Crippen molar-refractivity contribution in [3.05, 3.63) is 97.2 Å². The minimum atomic E-state index is -0.799. The van der Waals surface area contributed by atoms with E-state index in [0.717, 1.165) is 116 Å². The fourth-order valence-electron chi connectivity index (χ4n) is 6.80. The van der Waals surface area contributed by atoms with Gasteiger partial charge in [-0.05, 0) is 89.9 Å². The summed E-state index contributed by atoms with van der Waals surface area (Å²) < 4.78 is 16.8. The lowest BCUT2D eigenvalue weighted by Gasteiger charge is -2.18. The molecule has 0 aliphatic heterocycles. The van der Waals surface area contributed by atoms with E-state index in [4.69, 9.17) is 14.2 Å². The van der Waals surface area contributed by atoms with Gasteiger partial charge in [-0.3, -0.25) is 14.4 Å². The Kier molecular flexibility index (Phi) is 48.0. The quantitative estimate of drug-likeness (QED) is 0.0199. The number of rotatable bonds is 45. The molecular formula is C57H94O6. The Labute approximate surface area is 387 Å².